The zero-order valence-electron chi connectivity index (χ0n) is 10.5. The highest BCUT2D eigenvalue weighted by Crippen LogP contribution is 2.15. The topological polar surface area (TPSA) is 63.6 Å². The third kappa shape index (κ3) is 3.96. The van der Waals surface area contributed by atoms with Gasteiger partial charge >= 0.3 is 0 Å². The Morgan fingerprint density at radius 1 is 1.37 bits per heavy atom. The van der Waals surface area contributed by atoms with Crippen LogP contribution in [0, 0.1) is 0 Å². The normalized spacial score (nSPS) is 11.7. The van der Waals surface area contributed by atoms with Crippen molar-refractivity contribution >= 4 is 12.4 Å². The number of aliphatic hydroxyl groups is 1. The lowest BCUT2D eigenvalue weighted by Crippen LogP contribution is -1.92. The highest BCUT2D eigenvalue weighted by atomic mass is 16.3. The molecule has 19 heavy (non-hydrogen) atoms. The second kappa shape index (κ2) is 6.75. The molecule has 2 rings (SSSR count). The van der Waals surface area contributed by atoms with Crippen molar-refractivity contribution in [2.45, 2.75) is 19.3 Å². The molecule has 2 aromatic heterocycles. The van der Waals surface area contributed by atoms with E-state index in [1.54, 1.807) is 24.7 Å². The van der Waals surface area contributed by atoms with Crippen molar-refractivity contribution in [3.63, 3.8) is 0 Å². The van der Waals surface area contributed by atoms with E-state index in [2.05, 4.69) is 0 Å². The monoisotopic (exact) mass is 260 g/mol. The minimum absolute atomic E-state index is 0.0114. The fraction of sp³-hybridized carbons (Fsp3) is 0.267. The van der Waals surface area contributed by atoms with Crippen molar-refractivity contribution < 1.29 is 18.7 Å². The van der Waals surface area contributed by atoms with Crippen LogP contribution < -0.4 is 0 Å². The summed E-state index contributed by atoms with van der Waals surface area (Å²) in [7, 11) is 0. The van der Waals surface area contributed by atoms with Gasteiger partial charge in [-0.15, -0.1) is 0 Å². The maximum Gasteiger partial charge on any atom is 0.153 e. The van der Waals surface area contributed by atoms with Gasteiger partial charge in [0.05, 0.1) is 24.7 Å². The van der Waals surface area contributed by atoms with E-state index in [0.717, 1.165) is 36.7 Å². The summed E-state index contributed by atoms with van der Waals surface area (Å²) in [5, 5.41) is 9.31. The van der Waals surface area contributed by atoms with Gasteiger partial charge in [-0.25, -0.2) is 0 Å². The van der Waals surface area contributed by atoms with Crippen LogP contribution in [0.4, 0.5) is 0 Å². The lowest BCUT2D eigenvalue weighted by atomic mass is 10.1. The van der Waals surface area contributed by atoms with E-state index in [-0.39, 0.29) is 6.61 Å². The van der Waals surface area contributed by atoms with Crippen LogP contribution in [0.1, 0.15) is 34.5 Å². The maximum atomic E-state index is 10.5. The van der Waals surface area contributed by atoms with Crippen molar-refractivity contribution in [3.05, 3.63) is 53.4 Å². The molecule has 2 aromatic rings. The third-order valence-corrected chi connectivity index (χ3v) is 2.87. The van der Waals surface area contributed by atoms with E-state index < -0.39 is 0 Å². The van der Waals surface area contributed by atoms with Crippen LogP contribution in [0.15, 0.2) is 45.3 Å². The predicted octanol–water partition coefficient (Wildman–Crippen LogP) is 3.08. The Balaban J connectivity index is 1.90. The van der Waals surface area contributed by atoms with E-state index in [0.29, 0.717) is 11.3 Å². The minimum Gasteiger partial charge on any atom is -0.472 e. The fourth-order valence-corrected chi connectivity index (χ4v) is 1.86. The van der Waals surface area contributed by atoms with Gasteiger partial charge in [0, 0.05) is 0 Å². The number of aryl methyl sites for hydroxylation is 1. The molecular formula is C15H16O4. The molecule has 0 saturated heterocycles. The summed E-state index contributed by atoms with van der Waals surface area (Å²) in [6, 6.07) is 3.59. The quantitative estimate of drug-likeness (QED) is 0.777. The van der Waals surface area contributed by atoms with Crippen LogP contribution in [-0.4, -0.2) is 18.0 Å². The molecule has 0 aromatic carbocycles. The van der Waals surface area contributed by atoms with Gasteiger partial charge in [0.2, 0.25) is 0 Å². The van der Waals surface area contributed by atoms with E-state index in [1.807, 2.05) is 6.07 Å². The van der Waals surface area contributed by atoms with Gasteiger partial charge in [0.25, 0.3) is 0 Å². The summed E-state index contributed by atoms with van der Waals surface area (Å²) in [5.74, 6) is 0.592. The molecular weight excluding hydrogens is 244 g/mol. The van der Waals surface area contributed by atoms with Crippen molar-refractivity contribution in [2.75, 3.05) is 6.61 Å². The number of aldehydes is 1. The molecule has 100 valence electrons. The molecule has 0 aliphatic rings. The molecule has 0 bridgehead atoms. The Morgan fingerprint density at radius 2 is 2.26 bits per heavy atom. The van der Waals surface area contributed by atoms with E-state index in [4.69, 9.17) is 8.83 Å². The highest BCUT2D eigenvalue weighted by Gasteiger charge is 2.02. The van der Waals surface area contributed by atoms with Crippen LogP contribution in [0.5, 0.6) is 0 Å². The van der Waals surface area contributed by atoms with Gasteiger partial charge in [0.15, 0.2) is 6.29 Å². The van der Waals surface area contributed by atoms with Crippen LogP contribution in [0.2, 0.25) is 0 Å². The van der Waals surface area contributed by atoms with Crippen LogP contribution in [0.3, 0.4) is 0 Å². The van der Waals surface area contributed by atoms with Gasteiger partial charge < -0.3 is 13.9 Å². The maximum absolute atomic E-state index is 10.5. The average Bonchev–Trinajstić information content (AvgIpc) is 3.08. The first-order valence-corrected chi connectivity index (χ1v) is 6.17. The summed E-state index contributed by atoms with van der Waals surface area (Å²) in [6.07, 6.45) is 9.91. The third-order valence-electron chi connectivity index (χ3n) is 2.87. The number of aliphatic hydroxyl groups excluding tert-OH is 1. The predicted molar refractivity (Wildman–Crippen MR) is 70.8 cm³/mol. The number of rotatable bonds is 7. The lowest BCUT2D eigenvalue weighted by molar-refractivity contribution is 0.112. The van der Waals surface area contributed by atoms with Crippen LogP contribution in [-0.2, 0) is 6.42 Å². The number of hydrogen-bond donors (Lipinski definition) is 1. The van der Waals surface area contributed by atoms with Gasteiger partial charge in [-0.05, 0) is 48.6 Å². The Labute approximate surface area is 111 Å². The largest absolute Gasteiger partial charge is 0.472 e. The first-order chi connectivity index (χ1) is 9.31. The molecule has 0 radical (unpaired) electrons. The van der Waals surface area contributed by atoms with Crippen LogP contribution in [0.25, 0.3) is 6.08 Å². The van der Waals surface area contributed by atoms with Gasteiger partial charge in [-0.3, -0.25) is 4.79 Å². The summed E-state index contributed by atoms with van der Waals surface area (Å²) in [4.78, 5) is 10.5. The second-order valence-electron chi connectivity index (χ2n) is 4.35. The molecule has 4 heteroatoms. The van der Waals surface area contributed by atoms with Crippen molar-refractivity contribution in [3.8, 4) is 0 Å². The smallest absolute Gasteiger partial charge is 0.153 e. The van der Waals surface area contributed by atoms with Gasteiger partial charge in [-0.1, -0.05) is 0 Å². The summed E-state index contributed by atoms with van der Waals surface area (Å²) in [5.41, 5.74) is 2.54. The Kier molecular flexibility index (Phi) is 4.75. The van der Waals surface area contributed by atoms with E-state index in [9.17, 15) is 9.90 Å². The number of hydrogen-bond acceptors (Lipinski definition) is 4. The average molecular weight is 260 g/mol. The van der Waals surface area contributed by atoms with E-state index >= 15 is 0 Å². The van der Waals surface area contributed by atoms with Gasteiger partial charge in [-0.2, -0.15) is 0 Å². The highest BCUT2D eigenvalue weighted by molar-refractivity contribution is 5.75. The first-order valence-electron chi connectivity index (χ1n) is 6.17. The summed E-state index contributed by atoms with van der Waals surface area (Å²) in [6.45, 7) is -0.0114. The summed E-state index contributed by atoms with van der Waals surface area (Å²) >= 11 is 0. The molecule has 1 N–H and O–H groups in total. The molecule has 0 saturated carbocycles. The lowest BCUT2D eigenvalue weighted by Gasteiger charge is -2.02. The molecule has 2 heterocycles. The molecule has 0 spiro atoms. The van der Waals surface area contributed by atoms with Gasteiger partial charge in [0.1, 0.15) is 12.0 Å². The Hall–Kier alpha value is -2.07. The van der Waals surface area contributed by atoms with Crippen molar-refractivity contribution in [2.24, 2.45) is 0 Å². The molecule has 0 atom stereocenters. The molecule has 0 fully saturated rings. The number of carbonyl (C=O) groups excluding carboxylic acids is 1. The summed E-state index contributed by atoms with van der Waals surface area (Å²) < 4.78 is 10.2. The number of furan rings is 2. The standard InChI is InChI=1S/C15H16O4/c16-8-13(3-1-2-12-4-5-18-10-12)6-15-7-14(9-17)11-19-15/h4-7,9-11,16H,1-3,8H2/b13-6-. The molecule has 0 amide bonds. The van der Waals surface area contributed by atoms with Crippen LogP contribution >= 0.6 is 0 Å². The van der Waals surface area contributed by atoms with Crippen molar-refractivity contribution in [1.29, 1.82) is 0 Å². The first kappa shape index (κ1) is 13.4. The fourth-order valence-electron chi connectivity index (χ4n) is 1.86. The minimum atomic E-state index is -0.0114. The Morgan fingerprint density at radius 3 is 2.89 bits per heavy atom. The zero-order chi connectivity index (χ0) is 13.5. The SMILES string of the molecule is O=Cc1coc(/C=C(\CO)CCCc2ccoc2)c1. The number of carbonyl (C=O) groups is 1. The zero-order valence-corrected chi connectivity index (χ0v) is 10.5. The second-order valence-corrected chi connectivity index (χ2v) is 4.35. The Bertz CT molecular complexity index is 534. The molecule has 0 aliphatic carbocycles. The molecule has 0 unspecified atom stereocenters. The van der Waals surface area contributed by atoms with E-state index in [1.165, 1.54) is 6.26 Å². The molecule has 0 aliphatic heterocycles. The van der Waals surface area contributed by atoms with Crippen molar-refractivity contribution in [1.82, 2.24) is 0 Å². The molecule has 4 nitrogen and oxygen atoms in total.